The zero-order valence-electron chi connectivity index (χ0n) is 14.5. The molecule has 0 aliphatic carbocycles. The quantitative estimate of drug-likeness (QED) is 0.656. The van der Waals surface area contributed by atoms with Crippen molar-refractivity contribution in [2.45, 2.75) is 25.4 Å². The molecule has 1 aliphatic heterocycles. The summed E-state index contributed by atoms with van der Waals surface area (Å²) in [5.41, 5.74) is 1.86. The molecule has 8 heteroatoms. The molecule has 5 nitrogen and oxygen atoms in total. The van der Waals surface area contributed by atoms with Gasteiger partial charge >= 0.3 is 0 Å². The number of rotatable bonds is 4. The number of piperidine rings is 1. The minimum absolute atomic E-state index is 0.173. The number of likely N-dealkylation sites (tertiary alicyclic amines) is 1. The molecule has 0 spiro atoms. The fraction of sp³-hybridized carbons (Fsp3) is 0.316. The summed E-state index contributed by atoms with van der Waals surface area (Å²) in [5.74, 6) is -2.90. The molecule has 0 bridgehead atoms. The van der Waals surface area contributed by atoms with Gasteiger partial charge in [-0.15, -0.1) is 5.10 Å². The lowest BCUT2D eigenvalue weighted by Crippen LogP contribution is -2.34. The summed E-state index contributed by atoms with van der Waals surface area (Å²) >= 11 is 0. The summed E-state index contributed by atoms with van der Waals surface area (Å²) in [6.07, 6.45) is 7.00. The van der Waals surface area contributed by atoms with E-state index < -0.39 is 17.5 Å². The summed E-state index contributed by atoms with van der Waals surface area (Å²) in [4.78, 5) is 6.12. The van der Waals surface area contributed by atoms with Crippen molar-refractivity contribution in [3.8, 4) is 11.3 Å². The Bertz CT molecular complexity index is 920. The van der Waals surface area contributed by atoms with E-state index in [2.05, 4.69) is 15.3 Å². The molecular formula is C19H18F3N5. The van der Waals surface area contributed by atoms with E-state index in [9.17, 15) is 13.2 Å². The van der Waals surface area contributed by atoms with E-state index in [0.29, 0.717) is 19.2 Å². The molecule has 0 N–H and O–H groups in total. The van der Waals surface area contributed by atoms with E-state index in [1.165, 1.54) is 0 Å². The number of pyridine rings is 1. The van der Waals surface area contributed by atoms with Crippen LogP contribution in [0.5, 0.6) is 0 Å². The molecular weight excluding hydrogens is 355 g/mol. The lowest BCUT2D eigenvalue weighted by atomic mass is 10.0. The van der Waals surface area contributed by atoms with Crippen LogP contribution in [0.3, 0.4) is 0 Å². The smallest absolute Gasteiger partial charge is 0.161 e. The Balaban J connectivity index is 1.38. The Kier molecular flexibility index (Phi) is 4.89. The van der Waals surface area contributed by atoms with Crippen LogP contribution in [0.2, 0.25) is 0 Å². The lowest BCUT2D eigenvalue weighted by molar-refractivity contribution is 0.170. The van der Waals surface area contributed by atoms with Crippen molar-refractivity contribution in [1.29, 1.82) is 0 Å². The highest BCUT2D eigenvalue weighted by Gasteiger charge is 2.23. The molecule has 3 aromatic rings. The zero-order valence-corrected chi connectivity index (χ0v) is 14.5. The van der Waals surface area contributed by atoms with Crippen molar-refractivity contribution in [1.82, 2.24) is 24.9 Å². The van der Waals surface area contributed by atoms with Gasteiger partial charge in [0.1, 0.15) is 11.5 Å². The Morgan fingerprint density at radius 3 is 2.56 bits per heavy atom. The summed E-state index contributed by atoms with van der Waals surface area (Å²) < 4.78 is 42.1. The highest BCUT2D eigenvalue weighted by atomic mass is 19.2. The van der Waals surface area contributed by atoms with Crippen LogP contribution < -0.4 is 0 Å². The van der Waals surface area contributed by atoms with Gasteiger partial charge in [0, 0.05) is 49.2 Å². The number of benzene rings is 1. The third kappa shape index (κ3) is 3.85. The average Bonchev–Trinajstić information content (AvgIpc) is 3.18. The molecule has 1 fully saturated rings. The van der Waals surface area contributed by atoms with Gasteiger partial charge in [0.05, 0.1) is 12.2 Å². The van der Waals surface area contributed by atoms with Gasteiger partial charge in [0.15, 0.2) is 11.6 Å². The van der Waals surface area contributed by atoms with Crippen molar-refractivity contribution in [3.05, 3.63) is 65.9 Å². The van der Waals surface area contributed by atoms with Crippen molar-refractivity contribution >= 4 is 0 Å². The second kappa shape index (κ2) is 7.48. The van der Waals surface area contributed by atoms with E-state index >= 15 is 0 Å². The molecule has 27 heavy (non-hydrogen) atoms. The monoisotopic (exact) mass is 373 g/mol. The van der Waals surface area contributed by atoms with Crippen molar-refractivity contribution in [2.24, 2.45) is 0 Å². The van der Waals surface area contributed by atoms with Gasteiger partial charge in [-0.2, -0.15) is 0 Å². The second-order valence-electron chi connectivity index (χ2n) is 6.69. The van der Waals surface area contributed by atoms with Crippen molar-refractivity contribution in [3.63, 3.8) is 0 Å². The first-order chi connectivity index (χ1) is 13.1. The molecule has 140 valence electrons. The molecule has 0 atom stereocenters. The summed E-state index contributed by atoms with van der Waals surface area (Å²) in [6.45, 7) is 1.68. The highest BCUT2D eigenvalue weighted by Crippen LogP contribution is 2.25. The van der Waals surface area contributed by atoms with Crippen LogP contribution in [0.15, 0.2) is 42.9 Å². The van der Waals surface area contributed by atoms with Crippen LogP contribution in [0.1, 0.15) is 24.4 Å². The minimum Gasteiger partial charge on any atom is -0.299 e. The molecule has 0 radical (unpaired) electrons. The number of nitrogens with zero attached hydrogens (tertiary/aromatic N) is 5. The molecule has 2 aromatic heterocycles. The fourth-order valence-corrected chi connectivity index (χ4v) is 3.37. The Morgan fingerprint density at radius 1 is 1.04 bits per heavy atom. The Hall–Kier alpha value is -2.74. The van der Waals surface area contributed by atoms with E-state index in [1.54, 1.807) is 12.4 Å². The first-order valence-corrected chi connectivity index (χ1v) is 8.78. The molecule has 3 heterocycles. The number of hydrogen-bond donors (Lipinski definition) is 0. The SMILES string of the molecule is Fc1cc(F)c(CN2CCC(n3cc(-c4cccnc4)nn3)CC2)cc1F. The standard InChI is InChI=1S/C19H18F3N5/c20-16-9-18(22)17(21)8-14(16)11-26-6-3-15(4-7-26)27-12-19(24-25-27)13-2-1-5-23-10-13/h1-2,5,8-10,12,15H,3-4,6-7,11H2. The van der Waals surface area contributed by atoms with Crippen LogP contribution in [0.4, 0.5) is 13.2 Å². The predicted molar refractivity (Wildman–Crippen MR) is 93.1 cm³/mol. The molecule has 1 saturated heterocycles. The van der Waals surface area contributed by atoms with Gasteiger partial charge in [0.25, 0.3) is 0 Å². The minimum atomic E-state index is -1.16. The number of aromatic nitrogens is 4. The van der Waals surface area contributed by atoms with Crippen LogP contribution in [-0.4, -0.2) is 38.0 Å². The molecule has 0 unspecified atom stereocenters. The van der Waals surface area contributed by atoms with Gasteiger partial charge in [-0.3, -0.25) is 9.88 Å². The van der Waals surface area contributed by atoms with Crippen molar-refractivity contribution in [2.75, 3.05) is 13.1 Å². The highest BCUT2D eigenvalue weighted by molar-refractivity contribution is 5.55. The maximum absolute atomic E-state index is 13.8. The lowest BCUT2D eigenvalue weighted by Gasteiger charge is -2.31. The predicted octanol–water partition coefficient (Wildman–Crippen LogP) is 3.59. The van der Waals surface area contributed by atoms with E-state index in [0.717, 1.165) is 30.2 Å². The topological polar surface area (TPSA) is 46.8 Å². The summed E-state index contributed by atoms with van der Waals surface area (Å²) in [5, 5.41) is 8.44. The van der Waals surface area contributed by atoms with Gasteiger partial charge in [-0.05, 0) is 31.0 Å². The molecule has 0 saturated carbocycles. The third-order valence-corrected chi connectivity index (χ3v) is 4.88. The molecule has 0 amide bonds. The van der Waals surface area contributed by atoms with Gasteiger partial charge in [-0.1, -0.05) is 5.21 Å². The first kappa shape index (κ1) is 17.7. The fourth-order valence-electron chi connectivity index (χ4n) is 3.37. The normalized spacial score (nSPS) is 16.0. The zero-order chi connectivity index (χ0) is 18.8. The van der Waals surface area contributed by atoms with E-state index in [-0.39, 0.29) is 18.2 Å². The Labute approximate surface area is 154 Å². The van der Waals surface area contributed by atoms with Crippen LogP contribution in [0, 0.1) is 17.5 Å². The molecule has 1 aromatic carbocycles. The average molecular weight is 373 g/mol. The van der Waals surface area contributed by atoms with Crippen LogP contribution in [0.25, 0.3) is 11.3 Å². The largest absolute Gasteiger partial charge is 0.299 e. The van der Waals surface area contributed by atoms with E-state index in [4.69, 9.17) is 0 Å². The van der Waals surface area contributed by atoms with E-state index in [1.807, 2.05) is 27.9 Å². The number of hydrogen-bond acceptors (Lipinski definition) is 4. The third-order valence-electron chi connectivity index (χ3n) is 4.88. The van der Waals surface area contributed by atoms with Gasteiger partial charge in [0.2, 0.25) is 0 Å². The maximum atomic E-state index is 13.8. The van der Waals surface area contributed by atoms with Crippen molar-refractivity contribution < 1.29 is 13.2 Å². The second-order valence-corrected chi connectivity index (χ2v) is 6.69. The van der Waals surface area contributed by atoms with Crippen LogP contribution >= 0.6 is 0 Å². The summed E-state index contributed by atoms with van der Waals surface area (Å²) in [6, 6.07) is 5.53. The molecule has 1 aliphatic rings. The number of halogens is 3. The van der Waals surface area contributed by atoms with Crippen LogP contribution in [-0.2, 0) is 6.54 Å². The van der Waals surface area contributed by atoms with Gasteiger partial charge < -0.3 is 0 Å². The first-order valence-electron chi connectivity index (χ1n) is 8.78. The maximum Gasteiger partial charge on any atom is 0.161 e. The Morgan fingerprint density at radius 2 is 1.81 bits per heavy atom. The summed E-state index contributed by atoms with van der Waals surface area (Å²) in [7, 11) is 0. The van der Waals surface area contributed by atoms with Gasteiger partial charge in [-0.25, -0.2) is 17.9 Å². The molecule has 4 rings (SSSR count).